The van der Waals surface area contributed by atoms with Crippen molar-refractivity contribution in [1.29, 1.82) is 0 Å². The number of carbonyl (C=O) groups excluding carboxylic acids is 1. The Morgan fingerprint density at radius 1 is 1.17 bits per heavy atom. The smallest absolute Gasteiger partial charge is 0.271 e. The molecule has 2 rings (SSSR count). The molecule has 0 aliphatic carbocycles. The number of carbonyl (C=O) groups is 1. The quantitative estimate of drug-likeness (QED) is 0.474. The molecule has 0 unspecified atom stereocenters. The number of hydrogen-bond acceptors (Lipinski definition) is 4. The van der Waals surface area contributed by atoms with Crippen molar-refractivity contribution in [2.75, 3.05) is 5.32 Å². The summed E-state index contributed by atoms with van der Waals surface area (Å²) < 4.78 is 0. The number of rotatable bonds is 4. The van der Waals surface area contributed by atoms with Gasteiger partial charge in [0.05, 0.1) is 22.1 Å². The lowest BCUT2D eigenvalue weighted by Crippen LogP contribution is -2.35. The summed E-state index contributed by atoms with van der Waals surface area (Å²) in [5.74, 6) is -0.337. The molecule has 0 aromatic heterocycles. The largest absolute Gasteiger partial charge is 0.331 e. The van der Waals surface area contributed by atoms with Crippen molar-refractivity contribution in [1.82, 2.24) is 5.32 Å². The number of anilines is 1. The summed E-state index contributed by atoms with van der Waals surface area (Å²) in [6.45, 7) is 0. The van der Waals surface area contributed by atoms with Gasteiger partial charge >= 0.3 is 0 Å². The minimum atomic E-state index is -0.552. The molecular formula is C15H11Cl2N3O3S. The van der Waals surface area contributed by atoms with Crippen molar-refractivity contribution in [2.45, 2.75) is 6.42 Å². The molecule has 0 heterocycles. The fourth-order valence-corrected chi connectivity index (χ4v) is 2.35. The van der Waals surface area contributed by atoms with Crippen LogP contribution < -0.4 is 10.6 Å². The molecule has 6 nitrogen and oxygen atoms in total. The van der Waals surface area contributed by atoms with Crippen molar-refractivity contribution in [3.05, 3.63) is 68.2 Å². The number of thiocarbonyl (C=S) groups is 1. The summed E-state index contributed by atoms with van der Waals surface area (Å²) in [4.78, 5) is 22.2. The minimum Gasteiger partial charge on any atom is -0.331 e. The molecule has 0 fully saturated rings. The Bertz CT molecular complexity index is 797. The second kappa shape index (κ2) is 8.05. The third-order valence-electron chi connectivity index (χ3n) is 2.94. The molecule has 24 heavy (non-hydrogen) atoms. The Balaban J connectivity index is 1.97. The summed E-state index contributed by atoms with van der Waals surface area (Å²) in [6.07, 6.45) is 0.113. The lowest BCUT2D eigenvalue weighted by atomic mass is 10.1. The van der Waals surface area contributed by atoms with Gasteiger partial charge in [0.2, 0.25) is 5.91 Å². The van der Waals surface area contributed by atoms with E-state index in [1.54, 1.807) is 24.3 Å². The topological polar surface area (TPSA) is 84.3 Å². The first kappa shape index (κ1) is 18.1. The molecule has 0 aliphatic heterocycles. The zero-order valence-corrected chi connectivity index (χ0v) is 14.4. The van der Waals surface area contributed by atoms with E-state index in [0.717, 1.165) is 5.56 Å². The van der Waals surface area contributed by atoms with Gasteiger partial charge in [-0.3, -0.25) is 14.9 Å². The molecule has 2 aromatic carbocycles. The Kier molecular flexibility index (Phi) is 6.08. The van der Waals surface area contributed by atoms with Crippen molar-refractivity contribution in [3.63, 3.8) is 0 Å². The van der Waals surface area contributed by atoms with Crippen LogP contribution in [0.15, 0.2) is 42.5 Å². The van der Waals surface area contributed by atoms with Crippen LogP contribution in [0.3, 0.4) is 0 Å². The van der Waals surface area contributed by atoms with E-state index in [0.29, 0.717) is 5.02 Å². The van der Waals surface area contributed by atoms with Crippen LogP contribution in [0.1, 0.15) is 5.56 Å². The summed E-state index contributed by atoms with van der Waals surface area (Å²) in [5.41, 5.74) is 0.868. The van der Waals surface area contributed by atoms with Gasteiger partial charge in [0.15, 0.2) is 5.11 Å². The third-order valence-corrected chi connectivity index (χ3v) is 3.73. The molecule has 1 amide bonds. The first-order valence-corrected chi connectivity index (χ1v) is 7.81. The molecule has 9 heteroatoms. The highest BCUT2D eigenvalue weighted by molar-refractivity contribution is 7.80. The molecule has 124 valence electrons. The van der Waals surface area contributed by atoms with Gasteiger partial charge in [0.25, 0.3) is 5.69 Å². The molecule has 0 spiro atoms. The number of nitro groups is 1. The zero-order valence-electron chi connectivity index (χ0n) is 12.1. The SMILES string of the molecule is O=C(Cc1ccc(Cl)cc1)NC(=S)Nc1cc([N+](=O)[O-])ccc1Cl. The highest BCUT2D eigenvalue weighted by Gasteiger charge is 2.12. The van der Waals surface area contributed by atoms with Gasteiger partial charge in [-0.05, 0) is 36.0 Å². The van der Waals surface area contributed by atoms with Crippen molar-refractivity contribution < 1.29 is 9.72 Å². The molecule has 0 saturated heterocycles. The standard InChI is InChI=1S/C15H11Cl2N3O3S/c16-10-3-1-9(2-4-10)7-14(21)19-15(24)18-13-8-11(20(22)23)5-6-12(13)17/h1-6,8H,7H2,(H2,18,19,21,24). The van der Waals surface area contributed by atoms with Gasteiger partial charge in [-0.15, -0.1) is 0 Å². The fraction of sp³-hybridized carbons (Fsp3) is 0.0667. The maximum atomic E-state index is 11.9. The van der Waals surface area contributed by atoms with Crippen LogP contribution in [-0.4, -0.2) is 15.9 Å². The van der Waals surface area contributed by atoms with Crippen LogP contribution in [-0.2, 0) is 11.2 Å². The van der Waals surface area contributed by atoms with E-state index < -0.39 is 4.92 Å². The van der Waals surface area contributed by atoms with E-state index in [9.17, 15) is 14.9 Å². The second-order valence-corrected chi connectivity index (χ2v) is 5.98. The summed E-state index contributed by atoms with van der Waals surface area (Å²) in [6, 6.07) is 10.7. The minimum absolute atomic E-state index is 0.00337. The number of nitrogens with zero attached hydrogens (tertiary/aromatic N) is 1. The third kappa shape index (κ3) is 5.16. The zero-order chi connectivity index (χ0) is 17.7. The van der Waals surface area contributed by atoms with Crippen LogP contribution in [0.5, 0.6) is 0 Å². The monoisotopic (exact) mass is 383 g/mol. The Hall–Kier alpha value is -2.22. The predicted octanol–water partition coefficient (Wildman–Crippen LogP) is 3.96. The maximum absolute atomic E-state index is 11.9. The molecule has 0 bridgehead atoms. The molecule has 0 radical (unpaired) electrons. The first-order valence-electron chi connectivity index (χ1n) is 6.64. The number of amides is 1. The number of hydrogen-bond donors (Lipinski definition) is 2. The number of benzene rings is 2. The van der Waals surface area contributed by atoms with Crippen LogP contribution in [0.2, 0.25) is 10.0 Å². The van der Waals surface area contributed by atoms with Gasteiger partial charge in [-0.25, -0.2) is 0 Å². The predicted molar refractivity (Wildman–Crippen MR) is 97.6 cm³/mol. The molecular weight excluding hydrogens is 373 g/mol. The normalized spacial score (nSPS) is 10.1. The number of non-ortho nitro benzene ring substituents is 1. The molecule has 0 aliphatic rings. The summed E-state index contributed by atoms with van der Waals surface area (Å²) in [5, 5.41) is 16.8. The van der Waals surface area contributed by atoms with Crippen LogP contribution in [0.4, 0.5) is 11.4 Å². The fourth-order valence-electron chi connectivity index (χ4n) is 1.83. The van der Waals surface area contributed by atoms with E-state index in [1.165, 1.54) is 18.2 Å². The van der Waals surface area contributed by atoms with E-state index in [4.69, 9.17) is 35.4 Å². The Morgan fingerprint density at radius 3 is 2.46 bits per heavy atom. The highest BCUT2D eigenvalue weighted by Crippen LogP contribution is 2.26. The number of halogens is 2. The van der Waals surface area contributed by atoms with Crippen LogP contribution >= 0.6 is 35.4 Å². The summed E-state index contributed by atoms with van der Waals surface area (Å²) in [7, 11) is 0. The van der Waals surface area contributed by atoms with Crippen molar-refractivity contribution in [3.8, 4) is 0 Å². The second-order valence-electron chi connectivity index (χ2n) is 4.73. The van der Waals surface area contributed by atoms with E-state index in [1.807, 2.05) is 0 Å². The highest BCUT2D eigenvalue weighted by atomic mass is 35.5. The number of nitro benzene ring substituents is 1. The van der Waals surface area contributed by atoms with Gasteiger partial charge in [0.1, 0.15) is 0 Å². The van der Waals surface area contributed by atoms with Crippen LogP contribution in [0, 0.1) is 10.1 Å². The van der Waals surface area contributed by atoms with Gasteiger partial charge in [0, 0.05) is 17.2 Å². The summed E-state index contributed by atoms with van der Waals surface area (Å²) >= 11 is 16.8. The molecule has 2 N–H and O–H groups in total. The Labute approximate surface area is 152 Å². The van der Waals surface area contributed by atoms with Gasteiger partial charge < -0.3 is 10.6 Å². The molecule has 0 atom stereocenters. The van der Waals surface area contributed by atoms with Gasteiger partial charge in [-0.1, -0.05) is 35.3 Å². The van der Waals surface area contributed by atoms with E-state index >= 15 is 0 Å². The number of nitrogens with one attached hydrogen (secondary N) is 2. The lowest BCUT2D eigenvalue weighted by Gasteiger charge is -2.11. The van der Waals surface area contributed by atoms with Crippen LogP contribution in [0.25, 0.3) is 0 Å². The molecule has 2 aromatic rings. The maximum Gasteiger partial charge on any atom is 0.271 e. The van der Waals surface area contributed by atoms with E-state index in [2.05, 4.69) is 10.6 Å². The average Bonchev–Trinajstić information content (AvgIpc) is 2.51. The molecule has 0 saturated carbocycles. The van der Waals surface area contributed by atoms with Gasteiger partial charge in [-0.2, -0.15) is 0 Å². The van der Waals surface area contributed by atoms with Crippen molar-refractivity contribution >= 4 is 57.8 Å². The Morgan fingerprint density at radius 2 is 1.83 bits per heavy atom. The lowest BCUT2D eigenvalue weighted by molar-refractivity contribution is -0.384. The van der Waals surface area contributed by atoms with Crippen molar-refractivity contribution in [2.24, 2.45) is 0 Å². The van der Waals surface area contributed by atoms with E-state index in [-0.39, 0.29) is 33.8 Å². The average molecular weight is 384 g/mol. The first-order chi connectivity index (χ1) is 11.3.